The maximum absolute atomic E-state index is 8.47. The molecule has 0 radical (unpaired) electrons. The van der Waals surface area contributed by atoms with Crippen LogP contribution in [0, 0.1) is 11.5 Å². The second-order valence-corrected chi connectivity index (χ2v) is 2.90. The van der Waals surface area contributed by atoms with Gasteiger partial charge in [0.15, 0.2) is 0 Å². The number of pyridine rings is 1. The Labute approximate surface area is 82.9 Å². The number of nitrogens with zero attached hydrogens (tertiary/aromatic N) is 3. The van der Waals surface area contributed by atoms with Crippen molar-refractivity contribution in [2.75, 3.05) is 0 Å². The Morgan fingerprint density at radius 2 is 2.36 bits per heavy atom. The number of hydrogen-bond acceptors (Lipinski definition) is 4. The lowest BCUT2D eigenvalue weighted by molar-refractivity contribution is 0.229. The van der Waals surface area contributed by atoms with E-state index in [1.54, 1.807) is 24.5 Å². The fourth-order valence-electron chi connectivity index (χ4n) is 0.902. The minimum atomic E-state index is -0.0240. The van der Waals surface area contributed by atoms with Crippen LogP contribution in [0.25, 0.3) is 0 Å². The summed E-state index contributed by atoms with van der Waals surface area (Å²) in [7, 11) is 0. The summed E-state index contributed by atoms with van der Waals surface area (Å²) in [5, 5.41) is 8.47. The smallest absolute Gasteiger partial charge is 0.250 e. The fraction of sp³-hybridized carbons (Fsp3) is 0.300. The van der Waals surface area contributed by atoms with Crippen LogP contribution in [-0.2, 0) is 4.74 Å². The standard InChI is InChI=1S/C10H11N3O/c1-8(2)14-10(13-7-11)9-5-3-4-6-12-9/h3-6,8H,1-2H3. The summed E-state index contributed by atoms with van der Waals surface area (Å²) in [6.07, 6.45) is 3.30. The van der Waals surface area contributed by atoms with Gasteiger partial charge in [0.2, 0.25) is 6.19 Å². The Bertz CT molecular complexity index is 351. The molecule has 0 N–H and O–H groups in total. The van der Waals surface area contributed by atoms with Crippen molar-refractivity contribution in [1.82, 2.24) is 4.98 Å². The molecule has 0 bridgehead atoms. The first-order valence-corrected chi connectivity index (χ1v) is 4.29. The van der Waals surface area contributed by atoms with Crippen LogP contribution in [-0.4, -0.2) is 17.0 Å². The molecule has 0 saturated carbocycles. The maximum atomic E-state index is 8.47. The summed E-state index contributed by atoms with van der Waals surface area (Å²) < 4.78 is 5.34. The number of nitriles is 1. The Balaban J connectivity index is 2.91. The Hall–Kier alpha value is -1.89. The number of aromatic nitrogens is 1. The minimum absolute atomic E-state index is 0.0240. The summed E-state index contributed by atoms with van der Waals surface area (Å²) in [5.41, 5.74) is 0.572. The second kappa shape index (κ2) is 4.97. The average molecular weight is 189 g/mol. The lowest BCUT2D eigenvalue weighted by Gasteiger charge is -2.09. The van der Waals surface area contributed by atoms with Crippen molar-refractivity contribution in [2.24, 2.45) is 4.99 Å². The molecule has 14 heavy (non-hydrogen) atoms. The van der Waals surface area contributed by atoms with E-state index in [1.807, 2.05) is 19.9 Å². The van der Waals surface area contributed by atoms with Crippen LogP contribution in [0.1, 0.15) is 19.5 Å². The number of ether oxygens (including phenoxy) is 1. The van der Waals surface area contributed by atoms with Gasteiger partial charge in [0, 0.05) is 6.20 Å². The van der Waals surface area contributed by atoms with E-state index >= 15 is 0 Å². The molecule has 0 fully saturated rings. The maximum Gasteiger partial charge on any atom is 0.250 e. The Morgan fingerprint density at radius 1 is 1.57 bits per heavy atom. The molecule has 1 heterocycles. The van der Waals surface area contributed by atoms with Crippen molar-refractivity contribution < 1.29 is 4.74 Å². The first-order chi connectivity index (χ1) is 6.74. The summed E-state index contributed by atoms with van der Waals surface area (Å²) in [5.74, 6) is 0.267. The zero-order chi connectivity index (χ0) is 10.4. The van der Waals surface area contributed by atoms with Crippen LogP contribution in [0.4, 0.5) is 0 Å². The van der Waals surface area contributed by atoms with Gasteiger partial charge in [-0.2, -0.15) is 5.26 Å². The molecule has 0 atom stereocenters. The largest absolute Gasteiger partial charge is 0.473 e. The van der Waals surface area contributed by atoms with E-state index in [1.165, 1.54) is 0 Å². The van der Waals surface area contributed by atoms with Gasteiger partial charge in [-0.25, -0.2) is 0 Å². The molecule has 0 unspecified atom stereocenters. The van der Waals surface area contributed by atoms with Gasteiger partial charge in [-0.05, 0) is 26.0 Å². The average Bonchev–Trinajstić information content (AvgIpc) is 2.18. The fourth-order valence-corrected chi connectivity index (χ4v) is 0.902. The Morgan fingerprint density at radius 3 is 2.86 bits per heavy atom. The molecule has 4 heteroatoms. The van der Waals surface area contributed by atoms with Crippen LogP contribution in [0.15, 0.2) is 29.4 Å². The predicted molar refractivity (Wildman–Crippen MR) is 52.6 cm³/mol. The SMILES string of the molecule is CC(C)OC(=NC#N)c1ccccn1. The molecule has 0 saturated heterocycles. The molecule has 0 aliphatic heterocycles. The molecule has 1 aromatic rings. The molecule has 1 rings (SSSR count). The summed E-state index contributed by atoms with van der Waals surface area (Å²) >= 11 is 0. The van der Waals surface area contributed by atoms with Gasteiger partial charge >= 0.3 is 0 Å². The molecule has 1 aromatic heterocycles. The second-order valence-electron chi connectivity index (χ2n) is 2.90. The first-order valence-electron chi connectivity index (χ1n) is 4.29. The topological polar surface area (TPSA) is 58.3 Å². The molecular formula is C10H11N3O. The van der Waals surface area contributed by atoms with Crippen LogP contribution in [0.2, 0.25) is 0 Å². The quantitative estimate of drug-likeness (QED) is 0.404. The third-order valence-corrected chi connectivity index (χ3v) is 1.38. The van der Waals surface area contributed by atoms with Crippen LogP contribution in [0.3, 0.4) is 0 Å². The van der Waals surface area contributed by atoms with Crippen molar-refractivity contribution in [3.8, 4) is 6.19 Å². The highest BCUT2D eigenvalue weighted by molar-refractivity contribution is 5.92. The van der Waals surface area contributed by atoms with Gasteiger partial charge in [-0.3, -0.25) is 4.98 Å². The molecule has 0 aromatic carbocycles. The van der Waals surface area contributed by atoms with Gasteiger partial charge in [0.25, 0.3) is 5.90 Å². The van der Waals surface area contributed by atoms with E-state index in [0.29, 0.717) is 5.69 Å². The molecule has 72 valence electrons. The number of hydrogen-bond donors (Lipinski definition) is 0. The molecule has 4 nitrogen and oxygen atoms in total. The molecule has 0 aliphatic carbocycles. The minimum Gasteiger partial charge on any atom is -0.473 e. The predicted octanol–water partition coefficient (Wildman–Crippen LogP) is 1.73. The highest BCUT2D eigenvalue weighted by Crippen LogP contribution is 2.01. The third-order valence-electron chi connectivity index (χ3n) is 1.38. The highest BCUT2D eigenvalue weighted by atomic mass is 16.5. The van der Waals surface area contributed by atoms with Crippen molar-refractivity contribution in [1.29, 1.82) is 5.26 Å². The molecule has 0 spiro atoms. The number of rotatable bonds is 2. The first kappa shape index (κ1) is 10.2. The van der Waals surface area contributed by atoms with Crippen LogP contribution < -0.4 is 0 Å². The lowest BCUT2D eigenvalue weighted by Crippen LogP contribution is -2.13. The van der Waals surface area contributed by atoms with Crippen molar-refractivity contribution in [3.63, 3.8) is 0 Å². The van der Waals surface area contributed by atoms with Gasteiger partial charge in [-0.15, -0.1) is 4.99 Å². The zero-order valence-electron chi connectivity index (χ0n) is 8.14. The summed E-state index contributed by atoms with van der Waals surface area (Å²) in [4.78, 5) is 7.62. The normalized spacial score (nSPS) is 11.1. The van der Waals surface area contributed by atoms with Crippen molar-refractivity contribution in [3.05, 3.63) is 30.1 Å². The van der Waals surface area contributed by atoms with Gasteiger partial charge in [0.1, 0.15) is 5.69 Å². The number of aliphatic imine (C=N–C) groups is 1. The van der Waals surface area contributed by atoms with E-state index in [0.717, 1.165) is 0 Å². The summed E-state index contributed by atoms with van der Waals surface area (Å²) in [6.45, 7) is 3.74. The van der Waals surface area contributed by atoms with E-state index in [-0.39, 0.29) is 12.0 Å². The van der Waals surface area contributed by atoms with Gasteiger partial charge in [-0.1, -0.05) is 6.07 Å². The van der Waals surface area contributed by atoms with Crippen molar-refractivity contribution in [2.45, 2.75) is 20.0 Å². The van der Waals surface area contributed by atoms with Crippen LogP contribution >= 0.6 is 0 Å². The van der Waals surface area contributed by atoms with E-state index in [2.05, 4.69) is 9.98 Å². The summed E-state index contributed by atoms with van der Waals surface area (Å²) in [6, 6.07) is 5.36. The highest BCUT2D eigenvalue weighted by Gasteiger charge is 2.07. The molecule has 0 amide bonds. The Kier molecular flexibility index (Phi) is 3.62. The van der Waals surface area contributed by atoms with E-state index in [9.17, 15) is 0 Å². The zero-order valence-corrected chi connectivity index (χ0v) is 8.14. The lowest BCUT2D eigenvalue weighted by atomic mass is 10.3. The molecule has 0 aliphatic rings. The van der Waals surface area contributed by atoms with E-state index in [4.69, 9.17) is 10.00 Å². The molecular weight excluding hydrogens is 178 g/mol. The van der Waals surface area contributed by atoms with Crippen LogP contribution in [0.5, 0.6) is 0 Å². The van der Waals surface area contributed by atoms with Gasteiger partial charge in [0.05, 0.1) is 6.10 Å². The van der Waals surface area contributed by atoms with E-state index < -0.39 is 0 Å². The van der Waals surface area contributed by atoms with Gasteiger partial charge < -0.3 is 4.74 Å². The third kappa shape index (κ3) is 2.87. The monoisotopic (exact) mass is 189 g/mol. The van der Waals surface area contributed by atoms with Crippen molar-refractivity contribution >= 4 is 5.90 Å².